The van der Waals surface area contributed by atoms with Gasteiger partial charge in [-0.05, 0) is 12.1 Å². The fourth-order valence-electron chi connectivity index (χ4n) is 1.76. The van der Waals surface area contributed by atoms with Crippen molar-refractivity contribution in [1.82, 2.24) is 10.2 Å². The maximum Gasteiger partial charge on any atom is 0.353 e. The summed E-state index contributed by atoms with van der Waals surface area (Å²) in [6, 6.07) is 2.78. The summed E-state index contributed by atoms with van der Waals surface area (Å²) < 4.78 is 10.3. The molecule has 0 amide bonds. The first-order valence-corrected chi connectivity index (χ1v) is 5.56. The highest BCUT2D eigenvalue weighted by Gasteiger charge is 2.25. The molecule has 7 nitrogen and oxygen atoms in total. The topological polar surface area (TPSA) is 105 Å². The molecule has 1 aromatic carbocycles. The van der Waals surface area contributed by atoms with Gasteiger partial charge in [0.25, 0.3) is 0 Å². The molecular formula is C11H7ClN2O5. The number of ether oxygens (including phenoxy) is 2. The van der Waals surface area contributed by atoms with E-state index in [9.17, 15) is 9.90 Å². The van der Waals surface area contributed by atoms with Gasteiger partial charge in [-0.3, -0.25) is 5.10 Å². The van der Waals surface area contributed by atoms with Crippen LogP contribution in [0.4, 0.5) is 0 Å². The number of aromatic hydroxyl groups is 1. The molecule has 0 atom stereocenters. The number of hydrogen-bond acceptors (Lipinski definition) is 5. The second-order valence-electron chi connectivity index (χ2n) is 3.79. The molecule has 2 heterocycles. The minimum Gasteiger partial charge on any atom is -0.506 e. The van der Waals surface area contributed by atoms with Gasteiger partial charge in [-0.15, -0.1) is 0 Å². The lowest BCUT2D eigenvalue weighted by molar-refractivity contribution is 0.0690. The molecule has 19 heavy (non-hydrogen) atoms. The Morgan fingerprint density at radius 1 is 1.42 bits per heavy atom. The van der Waals surface area contributed by atoms with Gasteiger partial charge in [0.05, 0.1) is 5.69 Å². The van der Waals surface area contributed by atoms with E-state index in [1.54, 1.807) is 0 Å². The second-order valence-corrected chi connectivity index (χ2v) is 4.17. The zero-order valence-electron chi connectivity index (χ0n) is 9.31. The average molecular weight is 283 g/mol. The summed E-state index contributed by atoms with van der Waals surface area (Å²) in [5.74, 6) is -0.756. The minimum atomic E-state index is -1.15. The number of carboxylic acids is 1. The van der Waals surface area contributed by atoms with Crippen molar-refractivity contribution in [3.8, 4) is 28.5 Å². The largest absolute Gasteiger partial charge is 0.506 e. The van der Waals surface area contributed by atoms with E-state index in [0.29, 0.717) is 5.75 Å². The smallest absolute Gasteiger partial charge is 0.353 e. The first-order chi connectivity index (χ1) is 9.08. The van der Waals surface area contributed by atoms with Crippen molar-refractivity contribution in [2.75, 3.05) is 6.79 Å². The number of H-pyrrole nitrogens is 1. The Bertz CT molecular complexity index is 682. The number of aromatic amines is 1. The van der Waals surface area contributed by atoms with E-state index in [2.05, 4.69) is 10.2 Å². The minimum absolute atomic E-state index is 0.00451. The molecular weight excluding hydrogens is 276 g/mol. The zero-order valence-corrected chi connectivity index (χ0v) is 10.1. The van der Waals surface area contributed by atoms with E-state index < -0.39 is 5.97 Å². The van der Waals surface area contributed by atoms with E-state index in [1.165, 1.54) is 12.1 Å². The maximum atomic E-state index is 10.8. The summed E-state index contributed by atoms with van der Waals surface area (Å²) in [5, 5.41) is 25.0. The van der Waals surface area contributed by atoms with Crippen molar-refractivity contribution < 1.29 is 24.5 Å². The van der Waals surface area contributed by atoms with E-state index in [0.717, 1.165) is 0 Å². The number of aromatic nitrogens is 2. The van der Waals surface area contributed by atoms with Gasteiger partial charge < -0.3 is 19.7 Å². The lowest BCUT2D eigenvalue weighted by Gasteiger charge is -2.06. The zero-order chi connectivity index (χ0) is 13.6. The Kier molecular flexibility index (Phi) is 2.49. The van der Waals surface area contributed by atoms with Crippen LogP contribution in [0.1, 0.15) is 10.5 Å². The van der Waals surface area contributed by atoms with Crippen molar-refractivity contribution in [1.29, 1.82) is 0 Å². The summed E-state index contributed by atoms with van der Waals surface area (Å²) >= 11 is 5.95. The number of hydrogen-bond donors (Lipinski definition) is 3. The van der Waals surface area contributed by atoms with Gasteiger partial charge in [0, 0.05) is 5.56 Å². The lowest BCUT2D eigenvalue weighted by atomic mass is 10.1. The number of carbonyl (C=O) groups is 1. The second kappa shape index (κ2) is 4.06. The number of aromatic carboxylic acids is 1. The van der Waals surface area contributed by atoms with Gasteiger partial charge >= 0.3 is 5.97 Å². The van der Waals surface area contributed by atoms with Gasteiger partial charge in [-0.2, -0.15) is 5.10 Å². The number of phenols is 1. The van der Waals surface area contributed by atoms with Crippen LogP contribution in [0.25, 0.3) is 11.3 Å². The number of nitrogens with one attached hydrogen (secondary N) is 1. The number of halogens is 1. The van der Waals surface area contributed by atoms with E-state index in [1.807, 2.05) is 0 Å². The molecule has 0 fully saturated rings. The van der Waals surface area contributed by atoms with Gasteiger partial charge in [-0.1, -0.05) is 11.6 Å². The van der Waals surface area contributed by atoms with Crippen molar-refractivity contribution in [3.63, 3.8) is 0 Å². The van der Waals surface area contributed by atoms with Crippen LogP contribution < -0.4 is 9.47 Å². The molecule has 0 radical (unpaired) electrons. The number of fused-ring (bicyclic) bond motifs is 1. The molecule has 98 valence electrons. The van der Waals surface area contributed by atoms with Crippen LogP contribution in [0.15, 0.2) is 12.1 Å². The number of carboxylic acid groups (broad SMARTS) is 1. The van der Waals surface area contributed by atoms with Crippen LogP contribution in [0, 0.1) is 0 Å². The highest BCUT2D eigenvalue weighted by Crippen LogP contribution is 2.48. The molecule has 0 saturated heterocycles. The van der Waals surface area contributed by atoms with Crippen molar-refractivity contribution in [2.24, 2.45) is 0 Å². The summed E-state index contributed by atoms with van der Waals surface area (Å²) in [7, 11) is 0. The Morgan fingerprint density at radius 3 is 2.89 bits per heavy atom. The first kappa shape index (κ1) is 11.7. The van der Waals surface area contributed by atoms with Crippen LogP contribution in [-0.4, -0.2) is 33.2 Å². The Morgan fingerprint density at radius 2 is 2.21 bits per heavy atom. The lowest BCUT2D eigenvalue weighted by Crippen LogP contribution is -1.95. The summed E-state index contributed by atoms with van der Waals surface area (Å²) in [6.07, 6.45) is 0. The fraction of sp³-hybridized carbons (Fsp3) is 0.0909. The molecule has 1 aliphatic rings. The monoisotopic (exact) mass is 282 g/mol. The maximum absolute atomic E-state index is 10.8. The van der Waals surface area contributed by atoms with Crippen LogP contribution >= 0.6 is 11.6 Å². The molecule has 1 aliphatic heterocycles. The van der Waals surface area contributed by atoms with E-state index >= 15 is 0 Å². The third-order valence-electron chi connectivity index (χ3n) is 2.66. The Labute approximate surface area is 111 Å². The summed E-state index contributed by atoms with van der Waals surface area (Å²) in [6.45, 7) is 0.0128. The number of rotatable bonds is 2. The number of benzene rings is 1. The predicted molar refractivity (Wildman–Crippen MR) is 63.8 cm³/mol. The Hall–Kier alpha value is -2.41. The SMILES string of the molecule is O=C(O)c1cc(-c2cc3c(c(Cl)c2O)OCO3)n[nH]1. The molecule has 3 rings (SSSR count). The standard InChI is InChI=1S/C11H7ClN2O5/c12-8-9(15)4(1-7-10(8)19-3-18-7)5-2-6(11(16)17)14-13-5/h1-2,15H,3H2,(H,13,14)(H,16,17). The molecule has 1 aromatic heterocycles. The van der Waals surface area contributed by atoms with Crippen LogP contribution in [0.3, 0.4) is 0 Å². The molecule has 0 saturated carbocycles. The van der Waals surface area contributed by atoms with E-state index in [4.69, 9.17) is 26.2 Å². The molecule has 3 N–H and O–H groups in total. The highest BCUT2D eigenvalue weighted by molar-refractivity contribution is 6.34. The number of phenolic OH excluding ortho intramolecular Hbond substituents is 1. The molecule has 8 heteroatoms. The molecule has 2 aromatic rings. The summed E-state index contributed by atoms with van der Waals surface area (Å²) in [5.41, 5.74) is 0.413. The van der Waals surface area contributed by atoms with Gasteiger partial charge in [-0.25, -0.2) is 4.79 Å². The van der Waals surface area contributed by atoms with Crippen molar-refractivity contribution in [3.05, 3.63) is 22.8 Å². The van der Waals surface area contributed by atoms with Crippen molar-refractivity contribution in [2.45, 2.75) is 0 Å². The molecule has 0 aliphatic carbocycles. The Balaban J connectivity index is 2.14. The third kappa shape index (κ3) is 1.75. The fourth-order valence-corrected chi connectivity index (χ4v) is 2.01. The predicted octanol–water partition coefficient (Wildman–Crippen LogP) is 1.86. The van der Waals surface area contributed by atoms with Gasteiger partial charge in [0.1, 0.15) is 16.5 Å². The van der Waals surface area contributed by atoms with Crippen LogP contribution in [0.2, 0.25) is 5.02 Å². The quantitative estimate of drug-likeness (QED) is 0.776. The average Bonchev–Trinajstić information content (AvgIpc) is 3.01. The first-order valence-electron chi connectivity index (χ1n) is 5.18. The van der Waals surface area contributed by atoms with Crippen molar-refractivity contribution >= 4 is 17.6 Å². The van der Waals surface area contributed by atoms with Gasteiger partial charge in [0.2, 0.25) is 6.79 Å². The number of nitrogens with zero attached hydrogens (tertiary/aromatic N) is 1. The highest BCUT2D eigenvalue weighted by atomic mass is 35.5. The normalized spacial score (nSPS) is 12.7. The van der Waals surface area contributed by atoms with Crippen LogP contribution in [-0.2, 0) is 0 Å². The molecule has 0 spiro atoms. The molecule has 0 unspecified atom stereocenters. The molecule has 0 bridgehead atoms. The van der Waals surface area contributed by atoms with Crippen LogP contribution in [0.5, 0.6) is 17.2 Å². The summed E-state index contributed by atoms with van der Waals surface area (Å²) in [4.78, 5) is 10.8. The van der Waals surface area contributed by atoms with Gasteiger partial charge in [0.15, 0.2) is 11.5 Å². The third-order valence-corrected chi connectivity index (χ3v) is 3.01. The van der Waals surface area contributed by atoms with E-state index in [-0.39, 0.29) is 40.3 Å².